The van der Waals surface area contributed by atoms with Gasteiger partial charge in [0, 0.05) is 23.5 Å². The van der Waals surface area contributed by atoms with Crippen LogP contribution in [-0.2, 0) is 40.0 Å². The molecule has 0 bridgehead atoms. The second-order valence-corrected chi connectivity index (χ2v) is 13.5. The monoisotopic (exact) mass is 761 g/mol. The van der Waals surface area contributed by atoms with E-state index in [9.17, 15) is 48.9 Å². The summed E-state index contributed by atoms with van der Waals surface area (Å²) < 4.78 is 0. The second kappa shape index (κ2) is 21.6. The van der Waals surface area contributed by atoms with Crippen molar-refractivity contribution in [1.29, 1.82) is 0 Å². The van der Waals surface area contributed by atoms with Crippen LogP contribution in [0.1, 0.15) is 59.4 Å². The molecule has 0 aliphatic carbocycles. The van der Waals surface area contributed by atoms with Gasteiger partial charge < -0.3 is 63.7 Å². The molecule has 0 fully saturated rings. The number of aliphatic hydroxyl groups is 2. The third-order valence-corrected chi connectivity index (χ3v) is 8.58. The molecule has 0 unspecified atom stereocenters. The van der Waals surface area contributed by atoms with Crippen LogP contribution in [-0.4, -0.2) is 123 Å². The summed E-state index contributed by atoms with van der Waals surface area (Å²) in [7, 11) is 0. The molecule has 19 heteroatoms. The third-order valence-electron chi connectivity index (χ3n) is 8.58. The molecule has 0 aliphatic rings. The Kier molecular flexibility index (Phi) is 18.0. The fourth-order valence-corrected chi connectivity index (χ4v) is 5.34. The highest BCUT2D eigenvalue weighted by atomic mass is 16.4. The van der Waals surface area contributed by atoms with E-state index < -0.39 is 102 Å². The Balaban J connectivity index is 2.28. The van der Waals surface area contributed by atoms with E-state index >= 15 is 0 Å². The zero-order valence-corrected chi connectivity index (χ0v) is 31.2. The van der Waals surface area contributed by atoms with E-state index in [1.54, 1.807) is 26.1 Å². The number of nitrogens with two attached hydrogens (primary N) is 2. The van der Waals surface area contributed by atoms with Crippen LogP contribution in [0.25, 0.3) is 10.9 Å². The van der Waals surface area contributed by atoms with E-state index in [-0.39, 0.29) is 19.4 Å². The number of aromatic amines is 1. The van der Waals surface area contributed by atoms with Gasteiger partial charge in [-0.25, -0.2) is 0 Å². The Morgan fingerprint density at radius 2 is 1.28 bits per heavy atom. The summed E-state index contributed by atoms with van der Waals surface area (Å²) in [4.78, 5) is 93.7. The van der Waals surface area contributed by atoms with Gasteiger partial charge in [-0.15, -0.1) is 0 Å². The summed E-state index contributed by atoms with van der Waals surface area (Å²) in [5.74, 6) is -6.92. The number of fused-ring (bicyclic) bond motifs is 1. The van der Waals surface area contributed by atoms with Gasteiger partial charge in [-0.2, -0.15) is 0 Å². The van der Waals surface area contributed by atoms with E-state index in [2.05, 4.69) is 36.9 Å². The zero-order valence-electron chi connectivity index (χ0n) is 31.2. The number of benzene rings is 1. The van der Waals surface area contributed by atoms with Crippen LogP contribution in [0.15, 0.2) is 30.5 Å². The number of hydrogen-bond donors (Lipinski definition) is 12. The smallest absolute Gasteiger partial charge is 0.325 e. The summed E-state index contributed by atoms with van der Waals surface area (Å²) in [6.07, 6.45) is 1.15. The molecule has 2 rings (SSSR count). The Morgan fingerprint density at radius 3 is 1.85 bits per heavy atom. The van der Waals surface area contributed by atoms with Gasteiger partial charge in [0.25, 0.3) is 0 Å². The number of nitrogens with one attached hydrogen (secondary N) is 7. The van der Waals surface area contributed by atoms with Crippen molar-refractivity contribution in [2.45, 2.75) is 109 Å². The number of carboxylic acids is 1. The molecule has 1 aromatic carbocycles. The first-order valence-electron chi connectivity index (χ1n) is 17.8. The van der Waals surface area contributed by atoms with Gasteiger partial charge in [-0.1, -0.05) is 32.0 Å². The number of aliphatic carboxylic acids is 1. The normalized spacial score (nSPS) is 15.7. The minimum atomic E-state index is -1.60. The van der Waals surface area contributed by atoms with E-state index in [0.29, 0.717) is 18.4 Å². The highest BCUT2D eigenvalue weighted by molar-refractivity contribution is 5.97. The number of aliphatic hydroxyl groups excluding tert-OH is 2. The number of H-pyrrole nitrogens is 1. The lowest BCUT2D eigenvalue weighted by Gasteiger charge is -2.28. The Hall–Kier alpha value is -5.11. The quantitative estimate of drug-likeness (QED) is 0.0543. The van der Waals surface area contributed by atoms with Crippen LogP contribution >= 0.6 is 0 Å². The van der Waals surface area contributed by atoms with Gasteiger partial charge in [0.05, 0.1) is 18.8 Å². The van der Waals surface area contributed by atoms with Crippen LogP contribution in [0.5, 0.6) is 0 Å². The predicted octanol–water partition coefficient (Wildman–Crippen LogP) is -2.77. The number of aromatic nitrogens is 1. The lowest BCUT2D eigenvalue weighted by Crippen LogP contribution is -2.62. The molecule has 0 spiro atoms. The lowest BCUT2D eigenvalue weighted by molar-refractivity contribution is -0.141. The van der Waals surface area contributed by atoms with E-state index in [4.69, 9.17) is 11.5 Å². The summed E-state index contributed by atoms with van der Waals surface area (Å²) in [6.45, 7) is 6.46. The van der Waals surface area contributed by atoms with Gasteiger partial charge in [-0.05, 0) is 64.1 Å². The number of carbonyl (C=O) groups is 7. The molecular formula is C35H55N9O10. The number of para-hydroxylation sites is 1. The largest absolute Gasteiger partial charge is 0.480 e. The van der Waals surface area contributed by atoms with Gasteiger partial charge in [0.2, 0.25) is 35.4 Å². The first-order chi connectivity index (χ1) is 25.4. The molecule has 1 aromatic heterocycles. The highest BCUT2D eigenvalue weighted by Gasteiger charge is 2.35. The Labute approximate surface area is 313 Å². The molecular weight excluding hydrogens is 706 g/mol. The molecule has 54 heavy (non-hydrogen) atoms. The number of amides is 6. The molecule has 8 atom stereocenters. The van der Waals surface area contributed by atoms with Crippen molar-refractivity contribution in [1.82, 2.24) is 36.9 Å². The third kappa shape index (κ3) is 13.4. The maximum atomic E-state index is 13.8. The molecule has 0 saturated carbocycles. The first kappa shape index (κ1) is 45.0. The molecule has 0 saturated heterocycles. The maximum absolute atomic E-state index is 13.8. The van der Waals surface area contributed by atoms with Crippen molar-refractivity contribution in [3.8, 4) is 0 Å². The summed E-state index contributed by atoms with van der Waals surface area (Å²) in [5, 5.41) is 45.1. The number of carbonyl (C=O) groups excluding carboxylic acids is 6. The maximum Gasteiger partial charge on any atom is 0.325 e. The first-order valence-corrected chi connectivity index (χ1v) is 17.8. The number of carboxylic acid groups (broad SMARTS) is 1. The fraction of sp³-hybridized carbons (Fsp3) is 0.571. The lowest BCUT2D eigenvalue weighted by atomic mass is 10.0. The highest BCUT2D eigenvalue weighted by Crippen LogP contribution is 2.19. The van der Waals surface area contributed by atoms with Crippen molar-refractivity contribution in [2.24, 2.45) is 17.4 Å². The second-order valence-electron chi connectivity index (χ2n) is 13.5. The predicted molar refractivity (Wildman–Crippen MR) is 197 cm³/mol. The molecule has 6 amide bonds. The van der Waals surface area contributed by atoms with E-state index in [0.717, 1.165) is 10.9 Å². The van der Waals surface area contributed by atoms with Crippen LogP contribution in [0.4, 0.5) is 0 Å². The molecule has 1 heterocycles. The number of rotatable bonds is 22. The van der Waals surface area contributed by atoms with Crippen LogP contribution in [0, 0.1) is 5.92 Å². The van der Waals surface area contributed by atoms with E-state index in [1.807, 2.05) is 18.2 Å². The molecule has 14 N–H and O–H groups in total. The fourth-order valence-electron chi connectivity index (χ4n) is 5.34. The molecule has 300 valence electrons. The van der Waals surface area contributed by atoms with Crippen molar-refractivity contribution in [2.75, 3.05) is 13.2 Å². The standard InChI is InChI=1S/C35H55N9O10/c1-17(2)27(43-34(52)28(20(5)46)44-29(47)18(3)37)33(51)42-26(16-45)32(50)40-24(12-8-9-13-36)30(48)41-25(31(49)39-19(4)35(53)54)14-21-15-38-23-11-7-6-10-22(21)23/h6-7,10-11,15,17-20,24-28,38,45-46H,8-9,12-14,16,36-37H2,1-5H3,(H,39,49)(H,40,50)(H,41,48)(H,42,51)(H,43,52)(H,44,47)(H,53,54)/t18-,19-,20+,24-,25-,26-,27-,28-/m0/s1. The minimum absolute atomic E-state index is 0.0418. The summed E-state index contributed by atoms with van der Waals surface area (Å²) in [5.41, 5.74) is 12.6. The number of hydrogen-bond acceptors (Lipinski definition) is 11. The van der Waals surface area contributed by atoms with Crippen LogP contribution < -0.4 is 43.4 Å². The van der Waals surface area contributed by atoms with E-state index in [1.165, 1.54) is 20.8 Å². The minimum Gasteiger partial charge on any atom is -0.480 e. The average molecular weight is 762 g/mol. The van der Waals surface area contributed by atoms with Gasteiger partial charge >= 0.3 is 5.97 Å². The number of unbranched alkanes of at least 4 members (excludes halogenated alkanes) is 1. The van der Waals surface area contributed by atoms with Crippen molar-refractivity contribution < 1.29 is 48.9 Å². The molecule has 19 nitrogen and oxygen atoms in total. The summed E-state index contributed by atoms with van der Waals surface area (Å²) >= 11 is 0. The summed E-state index contributed by atoms with van der Waals surface area (Å²) in [6, 6.07) is -1.94. The molecule has 0 aliphatic heterocycles. The van der Waals surface area contributed by atoms with Gasteiger partial charge in [0.15, 0.2) is 0 Å². The van der Waals surface area contributed by atoms with Gasteiger partial charge in [-0.3, -0.25) is 33.6 Å². The topological polar surface area (TPSA) is 320 Å². The Bertz CT molecular complexity index is 1610. The SMILES string of the molecule is CC(C)[C@H](NC(=O)[C@@H](NC(=O)[C@H](C)N)[C@@H](C)O)C(=O)N[C@@H](CO)C(=O)N[C@@H](CCCCN)C(=O)N[C@@H](Cc1c[nH]c2ccccc12)C(=O)N[C@@H](C)C(=O)O. The van der Waals surface area contributed by atoms with Crippen molar-refractivity contribution in [3.05, 3.63) is 36.0 Å². The van der Waals surface area contributed by atoms with Crippen molar-refractivity contribution in [3.63, 3.8) is 0 Å². The van der Waals surface area contributed by atoms with Crippen LogP contribution in [0.3, 0.4) is 0 Å². The zero-order chi connectivity index (χ0) is 40.7. The Morgan fingerprint density at radius 1 is 0.722 bits per heavy atom. The van der Waals surface area contributed by atoms with Crippen molar-refractivity contribution >= 4 is 52.3 Å². The molecule has 2 aromatic rings. The average Bonchev–Trinajstić information content (AvgIpc) is 3.52. The van der Waals surface area contributed by atoms with Crippen LogP contribution in [0.2, 0.25) is 0 Å². The van der Waals surface area contributed by atoms with Gasteiger partial charge in [0.1, 0.15) is 36.3 Å². The molecule has 0 radical (unpaired) electrons.